The maximum atomic E-state index is 12.9. The van der Waals surface area contributed by atoms with Gasteiger partial charge in [0, 0.05) is 22.6 Å². The van der Waals surface area contributed by atoms with E-state index >= 15 is 0 Å². The number of para-hydroxylation sites is 1. The summed E-state index contributed by atoms with van der Waals surface area (Å²) in [5.74, 6) is -0.947. The minimum Gasteiger partial charge on any atom is -0.508 e. The molecule has 0 saturated carbocycles. The second-order valence-electron chi connectivity index (χ2n) is 6.42. The van der Waals surface area contributed by atoms with Crippen molar-refractivity contribution in [2.24, 2.45) is 0 Å². The van der Waals surface area contributed by atoms with Crippen molar-refractivity contribution >= 4 is 11.8 Å². The Balaban J connectivity index is 1.83. The maximum Gasteiger partial charge on any atom is 0.338 e. The highest BCUT2D eigenvalue weighted by Crippen LogP contribution is 2.23. The Kier molecular flexibility index (Phi) is 5.12. The van der Waals surface area contributed by atoms with Crippen molar-refractivity contribution in [1.82, 2.24) is 4.57 Å². The molecule has 0 saturated heterocycles. The van der Waals surface area contributed by atoms with E-state index in [-0.39, 0.29) is 17.1 Å². The molecule has 3 aromatic rings. The van der Waals surface area contributed by atoms with Crippen molar-refractivity contribution < 1.29 is 19.4 Å². The summed E-state index contributed by atoms with van der Waals surface area (Å²) in [6.07, 6.45) is -0.940. The summed E-state index contributed by atoms with van der Waals surface area (Å²) in [6, 6.07) is 17.4. The first kappa shape index (κ1) is 18.5. The van der Waals surface area contributed by atoms with Crippen molar-refractivity contribution in [1.29, 1.82) is 0 Å². The number of carbonyl (C=O) groups excluding carboxylic acids is 2. The second-order valence-corrected chi connectivity index (χ2v) is 6.42. The van der Waals surface area contributed by atoms with Crippen molar-refractivity contribution in [2.45, 2.75) is 26.9 Å². The van der Waals surface area contributed by atoms with E-state index in [9.17, 15) is 14.7 Å². The molecule has 0 aliphatic heterocycles. The van der Waals surface area contributed by atoms with Crippen LogP contribution >= 0.6 is 0 Å². The van der Waals surface area contributed by atoms with Gasteiger partial charge in [-0.3, -0.25) is 4.79 Å². The van der Waals surface area contributed by atoms with Crippen LogP contribution in [0.2, 0.25) is 0 Å². The van der Waals surface area contributed by atoms with Crippen LogP contribution in [0.5, 0.6) is 5.75 Å². The van der Waals surface area contributed by atoms with Gasteiger partial charge >= 0.3 is 5.97 Å². The van der Waals surface area contributed by atoms with E-state index in [0.29, 0.717) is 5.56 Å². The van der Waals surface area contributed by atoms with Gasteiger partial charge in [0.1, 0.15) is 5.75 Å². The topological polar surface area (TPSA) is 68.5 Å². The predicted octanol–water partition coefficient (Wildman–Crippen LogP) is 4.23. The number of benzene rings is 2. The molecular formula is C22H21NO4. The minimum atomic E-state index is -0.940. The third kappa shape index (κ3) is 3.77. The average molecular weight is 363 g/mol. The number of rotatable bonds is 5. The van der Waals surface area contributed by atoms with Gasteiger partial charge in [0.05, 0.1) is 5.56 Å². The van der Waals surface area contributed by atoms with E-state index in [1.54, 1.807) is 13.0 Å². The molecule has 2 aromatic carbocycles. The summed E-state index contributed by atoms with van der Waals surface area (Å²) in [5, 5.41) is 9.48. The maximum absolute atomic E-state index is 12.9. The van der Waals surface area contributed by atoms with Crippen molar-refractivity contribution in [2.75, 3.05) is 0 Å². The van der Waals surface area contributed by atoms with Crippen LogP contribution in [0.1, 0.15) is 39.0 Å². The molecule has 0 aliphatic carbocycles. The summed E-state index contributed by atoms with van der Waals surface area (Å²) in [7, 11) is 0. The molecule has 0 radical (unpaired) electrons. The van der Waals surface area contributed by atoms with Gasteiger partial charge in [-0.1, -0.05) is 24.3 Å². The van der Waals surface area contributed by atoms with Crippen LogP contribution in [0, 0.1) is 13.8 Å². The SMILES string of the molecule is Cc1cc(C(=O)[C@H](C)OC(=O)c2cccc(O)c2)c(C)n1-c1ccccc1. The van der Waals surface area contributed by atoms with E-state index < -0.39 is 12.1 Å². The first-order valence-corrected chi connectivity index (χ1v) is 8.67. The lowest BCUT2D eigenvalue weighted by atomic mass is 10.1. The Hall–Kier alpha value is -3.34. The van der Waals surface area contributed by atoms with Crippen molar-refractivity contribution in [3.05, 3.63) is 83.2 Å². The molecule has 0 spiro atoms. The zero-order chi connectivity index (χ0) is 19.6. The van der Waals surface area contributed by atoms with Gasteiger partial charge in [-0.05, 0) is 57.2 Å². The molecule has 5 heteroatoms. The van der Waals surface area contributed by atoms with Crippen LogP contribution in [0.3, 0.4) is 0 Å². The number of hydrogen-bond acceptors (Lipinski definition) is 4. The van der Waals surface area contributed by atoms with Crippen LogP contribution in [0.25, 0.3) is 5.69 Å². The Morgan fingerprint density at radius 1 is 1.00 bits per heavy atom. The van der Waals surface area contributed by atoms with E-state index in [4.69, 9.17) is 4.74 Å². The summed E-state index contributed by atoms with van der Waals surface area (Å²) in [4.78, 5) is 25.1. The highest BCUT2D eigenvalue weighted by molar-refractivity contribution is 6.02. The quantitative estimate of drug-likeness (QED) is 0.544. The number of nitrogens with zero attached hydrogens (tertiary/aromatic N) is 1. The average Bonchev–Trinajstić information content (AvgIpc) is 2.95. The molecule has 138 valence electrons. The lowest BCUT2D eigenvalue weighted by Crippen LogP contribution is -2.24. The van der Waals surface area contributed by atoms with Crippen LogP contribution < -0.4 is 0 Å². The molecule has 1 N–H and O–H groups in total. The monoisotopic (exact) mass is 363 g/mol. The molecule has 0 bridgehead atoms. The highest BCUT2D eigenvalue weighted by Gasteiger charge is 2.24. The molecule has 0 fully saturated rings. The van der Waals surface area contributed by atoms with E-state index in [0.717, 1.165) is 17.1 Å². The number of phenols is 1. The van der Waals surface area contributed by atoms with Gasteiger partial charge < -0.3 is 14.4 Å². The third-order valence-electron chi connectivity index (χ3n) is 4.45. The van der Waals surface area contributed by atoms with Gasteiger partial charge in [0.25, 0.3) is 0 Å². The molecule has 5 nitrogen and oxygen atoms in total. The second kappa shape index (κ2) is 7.50. The van der Waals surface area contributed by atoms with Gasteiger partial charge in [-0.25, -0.2) is 4.79 Å². The summed E-state index contributed by atoms with van der Waals surface area (Å²) in [6.45, 7) is 5.36. The van der Waals surface area contributed by atoms with E-state index in [1.807, 2.05) is 54.8 Å². The molecule has 1 atom stereocenters. The number of ketones is 1. The molecule has 27 heavy (non-hydrogen) atoms. The number of aryl methyl sites for hydroxylation is 1. The number of ether oxygens (including phenoxy) is 1. The number of esters is 1. The van der Waals surface area contributed by atoms with E-state index in [2.05, 4.69) is 0 Å². The van der Waals surface area contributed by atoms with E-state index in [1.165, 1.54) is 18.2 Å². The number of hydrogen-bond donors (Lipinski definition) is 1. The standard InChI is InChI=1S/C22H21NO4/c1-14-12-20(15(2)23(14)18-9-5-4-6-10-18)21(25)16(3)27-22(26)17-8-7-11-19(24)13-17/h4-13,16,24H,1-3H3/t16-/m0/s1. The smallest absolute Gasteiger partial charge is 0.338 e. The third-order valence-corrected chi connectivity index (χ3v) is 4.45. The van der Waals surface area contributed by atoms with Crippen LogP contribution in [-0.4, -0.2) is 27.5 Å². The van der Waals surface area contributed by atoms with Crippen molar-refractivity contribution in [3.63, 3.8) is 0 Å². The number of aromatic nitrogens is 1. The Labute approximate surface area is 157 Å². The highest BCUT2D eigenvalue weighted by atomic mass is 16.5. The Morgan fingerprint density at radius 2 is 1.70 bits per heavy atom. The fourth-order valence-electron chi connectivity index (χ4n) is 3.12. The number of Topliss-reactive ketones (excluding diaryl/α,β-unsaturated/α-hetero) is 1. The van der Waals surface area contributed by atoms with Gasteiger partial charge in [0.15, 0.2) is 6.10 Å². The first-order chi connectivity index (χ1) is 12.9. The molecule has 0 unspecified atom stereocenters. The molecule has 1 heterocycles. The molecule has 0 aliphatic rings. The predicted molar refractivity (Wildman–Crippen MR) is 103 cm³/mol. The summed E-state index contributed by atoms with van der Waals surface area (Å²) in [5.41, 5.74) is 3.41. The zero-order valence-corrected chi connectivity index (χ0v) is 15.5. The fraction of sp³-hybridized carbons (Fsp3) is 0.182. The minimum absolute atomic E-state index is 0.0326. The van der Waals surface area contributed by atoms with Crippen LogP contribution in [-0.2, 0) is 4.74 Å². The Morgan fingerprint density at radius 3 is 2.37 bits per heavy atom. The molecular weight excluding hydrogens is 342 g/mol. The normalized spacial score (nSPS) is 11.8. The largest absolute Gasteiger partial charge is 0.508 e. The number of aromatic hydroxyl groups is 1. The van der Waals surface area contributed by atoms with Crippen LogP contribution in [0.4, 0.5) is 0 Å². The van der Waals surface area contributed by atoms with Gasteiger partial charge in [-0.2, -0.15) is 0 Å². The molecule has 0 amide bonds. The Bertz CT molecular complexity index is 989. The van der Waals surface area contributed by atoms with Gasteiger partial charge in [0.2, 0.25) is 5.78 Å². The lowest BCUT2D eigenvalue weighted by Gasteiger charge is -2.13. The summed E-state index contributed by atoms with van der Waals surface area (Å²) >= 11 is 0. The number of carbonyl (C=O) groups is 2. The molecule has 3 rings (SSSR count). The van der Waals surface area contributed by atoms with Crippen LogP contribution in [0.15, 0.2) is 60.7 Å². The fourth-order valence-corrected chi connectivity index (χ4v) is 3.12. The first-order valence-electron chi connectivity index (χ1n) is 8.67. The summed E-state index contributed by atoms with van der Waals surface area (Å²) < 4.78 is 7.31. The zero-order valence-electron chi connectivity index (χ0n) is 15.5. The number of phenolic OH excluding ortho intramolecular Hbond substituents is 1. The van der Waals surface area contributed by atoms with Gasteiger partial charge in [-0.15, -0.1) is 0 Å². The lowest BCUT2D eigenvalue weighted by molar-refractivity contribution is 0.0318. The van der Waals surface area contributed by atoms with Crippen molar-refractivity contribution in [3.8, 4) is 11.4 Å². The molecule has 1 aromatic heterocycles.